The first-order valence-corrected chi connectivity index (χ1v) is 6.54. The lowest BCUT2D eigenvalue weighted by atomic mass is 9.98. The Labute approximate surface area is 109 Å². The van der Waals surface area contributed by atoms with Gasteiger partial charge in [0.1, 0.15) is 11.9 Å². The average molecular weight is 246 g/mol. The van der Waals surface area contributed by atoms with Crippen molar-refractivity contribution in [3.63, 3.8) is 0 Å². The lowest BCUT2D eigenvalue weighted by Gasteiger charge is -2.36. The maximum absolute atomic E-state index is 9.18. The molecule has 0 bridgehead atoms. The lowest BCUT2D eigenvalue weighted by molar-refractivity contribution is 0.157. The van der Waals surface area contributed by atoms with Gasteiger partial charge in [0, 0.05) is 24.3 Å². The zero-order valence-electron chi connectivity index (χ0n) is 11.7. The Hall–Kier alpha value is -1.47. The van der Waals surface area contributed by atoms with E-state index >= 15 is 0 Å². The van der Waals surface area contributed by atoms with Crippen LogP contribution in [0.2, 0.25) is 0 Å². The minimum absolute atomic E-state index is 0.428. The number of nitrogens with zero attached hydrogens (tertiary/aromatic N) is 3. The first kappa shape index (κ1) is 13.0. The molecule has 2 heterocycles. The number of aromatic nitrogens is 1. The molecule has 1 aliphatic rings. The van der Waals surface area contributed by atoms with Gasteiger partial charge >= 0.3 is 0 Å². The standard InChI is InChI=1S/C14H22N4/c1-9-7-12(5-6-17(9)4)18-11(3)10(2)13(8-15)14(18)16/h9,12H,5-7,16H2,1-4H3. The molecule has 1 aromatic rings. The van der Waals surface area contributed by atoms with E-state index in [4.69, 9.17) is 5.73 Å². The van der Waals surface area contributed by atoms with E-state index in [2.05, 4.69) is 36.4 Å². The van der Waals surface area contributed by atoms with Crippen LogP contribution in [-0.4, -0.2) is 29.1 Å². The largest absolute Gasteiger partial charge is 0.384 e. The van der Waals surface area contributed by atoms with Gasteiger partial charge in [0.2, 0.25) is 0 Å². The number of anilines is 1. The molecule has 1 fully saturated rings. The molecule has 2 unspecified atom stereocenters. The summed E-state index contributed by atoms with van der Waals surface area (Å²) < 4.78 is 2.18. The fourth-order valence-electron chi connectivity index (χ4n) is 2.97. The second-order valence-electron chi connectivity index (χ2n) is 5.46. The third kappa shape index (κ3) is 1.89. The highest BCUT2D eigenvalue weighted by Crippen LogP contribution is 2.34. The van der Waals surface area contributed by atoms with Crippen LogP contribution in [0.5, 0.6) is 0 Å². The van der Waals surface area contributed by atoms with E-state index in [1.807, 2.05) is 6.92 Å². The zero-order chi connectivity index (χ0) is 13.4. The summed E-state index contributed by atoms with van der Waals surface area (Å²) in [7, 11) is 2.17. The van der Waals surface area contributed by atoms with Crippen LogP contribution in [-0.2, 0) is 0 Å². The van der Waals surface area contributed by atoms with Crippen LogP contribution in [0.1, 0.15) is 42.6 Å². The molecule has 1 aliphatic heterocycles. The minimum Gasteiger partial charge on any atom is -0.384 e. The van der Waals surface area contributed by atoms with E-state index in [-0.39, 0.29) is 0 Å². The van der Waals surface area contributed by atoms with Gasteiger partial charge in [-0.1, -0.05) is 0 Å². The van der Waals surface area contributed by atoms with Crippen molar-refractivity contribution in [2.45, 2.75) is 45.7 Å². The fraction of sp³-hybridized carbons (Fsp3) is 0.643. The third-order valence-corrected chi connectivity index (χ3v) is 4.45. The molecule has 1 aromatic heterocycles. The number of nitrogen functional groups attached to an aromatic ring is 1. The van der Waals surface area contributed by atoms with Crippen LogP contribution in [0, 0.1) is 25.2 Å². The number of likely N-dealkylation sites (tertiary alicyclic amines) is 1. The molecule has 0 aromatic carbocycles. The van der Waals surface area contributed by atoms with E-state index in [9.17, 15) is 5.26 Å². The molecule has 2 rings (SSSR count). The predicted octanol–water partition coefficient (Wildman–Crippen LogP) is 2.21. The highest BCUT2D eigenvalue weighted by atomic mass is 15.2. The Kier molecular flexibility index (Phi) is 3.36. The molecular weight excluding hydrogens is 224 g/mol. The highest BCUT2D eigenvalue weighted by molar-refractivity contribution is 5.58. The number of hydrogen-bond donors (Lipinski definition) is 1. The topological polar surface area (TPSA) is 58.0 Å². The van der Waals surface area contributed by atoms with E-state index in [0.717, 1.165) is 30.6 Å². The molecule has 2 N–H and O–H groups in total. The summed E-state index contributed by atoms with van der Waals surface area (Å²) in [5.74, 6) is 0.647. The normalized spacial score (nSPS) is 25.1. The van der Waals surface area contributed by atoms with Gasteiger partial charge in [-0.25, -0.2) is 0 Å². The zero-order valence-corrected chi connectivity index (χ0v) is 11.7. The Morgan fingerprint density at radius 2 is 2.06 bits per heavy atom. The second kappa shape index (κ2) is 4.66. The molecule has 4 heteroatoms. The highest BCUT2D eigenvalue weighted by Gasteiger charge is 2.27. The summed E-state index contributed by atoms with van der Waals surface area (Å²) in [4.78, 5) is 2.38. The molecule has 18 heavy (non-hydrogen) atoms. The fourth-order valence-corrected chi connectivity index (χ4v) is 2.97. The maximum atomic E-state index is 9.18. The Bertz CT molecular complexity index is 495. The molecule has 0 saturated carbocycles. The second-order valence-corrected chi connectivity index (χ2v) is 5.46. The van der Waals surface area contributed by atoms with Gasteiger partial charge in [0.15, 0.2) is 0 Å². The monoisotopic (exact) mass is 246 g/mol. The molecule has 2 atom stereocenters. The van der Waals surface area contributed by atoms with Crippen LogP contribution in [0.25, 0.3) is 0 Å². The van der Waals surface area contributed by atoms with Crippen molar-refractivity contribution in [2.24, 2.45) is 0 Å². The smallest absolute Gasteiger partial charge is 0.122 e. The average Bonchev–Trinajstić information content (AvgIpc) is 2.54. The summed E-state index contributed by atoms with van der Waals surface area (Å²) in [6.07, 6.45) is 2.20. The third-order valence-electron chi connectivity index (χ3n) is 4.45. The lowest BCUT2D eigenvalue weighted by Crippen LogP contribution is -2.38. The van der Waals surface area contributed by atoms with Gasteiger partial charge in [-0.05, 0) is 46.2 Å². The van der Waals surface area contributed by atoms with Crippen LogP contribution in [0.15, 0.2) is 0 Å². The van der Waals surface area contributed by atoms with Crippen molar-refractivity contribution in [3.05, 3.63) is 16.8 Å². The first-order chi connectivity index (χ1) is 8.47. The molecule has 0 spiro atoms. The first-order valence-electron chi connectivity index (χ1n) is 6.54. The van der Waals surface area contributed by atoms with Crippen molar-refractivity contribution in [2.75, 3.05) is 19.3 Å². The number of nitrogens with two attached hydrogens (primary N) is 1. The van der Waals surface area contributed by atoms with Crippen LogP contribution >= 0.6 is 0 Å². The number of rotatable bonds is 1. The van der Waals surface area contributed by atoms with Crippen molar-refractivity contribution in [1.29, 1.82) is 5.26 Å². The Morgan fingerprint density at radius 3 is 2.56 bits per heavy atom. The molecular formula is C14H22N4. The van der Waals surface area contributed by atoms with Crippen LogP contribution in [0.3, 0.4) is 0 Å². The number of hydrogen-bond acceptors (Lipinski definition) is 3. The molecule has 1 saturated heterocycles. The summed E-state index contributed by atoms with van der Waals surface area (Å²) in [5, 5.41) is 9.18. The quantitative estimate of drug-likeness (QED) is 0.826. The van der Waals surface area contributed by atoms with Crippen LogP contribution < -0.4 is 5.73 Å². The molecule has 0 radical (unpaired) electrons. The SMILES string of the molecule is Cc1c(C#N)c(N)n(C2CCN(C)C(C)C2)c1C. The van der Waals surface area contributed by atoms with E-state index in [0.29, 0.717) is 23.5 Å². The minimum atomic E-state index is 0.428. The Balaban J connectivity index is 2.38. The maximum Gasteiger partial charge on any atom is 0.122 e. The number of nitriles is 1. The van der Waals surface area contributed by atoms with Gasteiger partial charge < -0.3 is 15.2 Å². The van der Waals surface area contributed by atoms with Gasteiger partial charge in [0.25, 0.3) is 0 Å². The van der Waals surface area contributed by atoms with Crippen molar-refractivity contribution in [1.82, 2.24) is 9.47 Å². The van der Waals surface area contributed by atoms with Crippen molar-refractivity contribution in [3.8, 4) is 6.07 Å². The van der Waals surface area contributed by atoms with E-state index in [1.165, 1.54) is 0 Å². The molecule has 98 valence electrons. The predicted molar refractivity (Wildman–Crippen MR) is 73.4 cm³/mol. The molecule has 4 nitrogen and oxygen atoms in total. The van der Waals surface area contributed by atoms with Gasteiger partial charge in [-0.2, -0.15) is 5.26 Å². The molecule has 0 aliphatic carbocycles. The van der Waals surface area contributed by atoms with Crippen molar-refractivity contribution >= 4 is 5.82 Å². The van der Waals surface area contributed by atoms with Gasteiger partial charge in [0.05, 0.1) is 5.56 Å². The van der Waals surface area contributed by atoms with Crippen molar-refractivity contribution < 1.29 is 0 Å². The Morgan fingerprint density at radius 1 is 1.39 bits per heavy atom. The summed E-state index contributed by atoms with van der Waals surface area (Å²) in [5.41, 5.74) is 8.98. The van der Waals surface area contributed by atoms with Crippen LogP contribution in [0.4, 0.5) is 5.82 Å². The summed E-state index contributed by atoms with van der Waals surface area (Å²) >= 11 is 0. The van der Waals surface area contributed by atoms with Gasteiger partial charge in [-0.15, -0.1) is 0 Å². The van der Waals surface area contributed by atoms with E-state index in [1.54, 1.807) is 0 Å². The molecule has 0 amide bonds. The summed E-state index contributed by atoms with van der Waals surface area (Å²) in [6, 6.07) is 3.22. The van der Waals surface area contributed by atoms with E-state index < -0.39 is 0 Å². The number of piperidine rings is 1. The summed E-state index contributed by atoms with van der Waals surface area (Å²) in [6.45, 7) is 7.39. The van der Waals surface area contributed by atoms with Gasteiger partial charge in [-0.3, -0.25) is 0 Å².